The first kappa shape index (κ1) is 15.3. The summed E-state index contributed by atoms with van der Waals surface area (Å²) in [6.07, 6.45) is 0.673. The van der Waals surface area contributed by atoms with Crippen LogP contribution in [0.3, 0.4) is 0 Å². The number of rotatable bonds is 7. The Balaban J connectivity index is 2.67. The molecule has 0 spiro atoms. The van der Waals surface area contributed by atoms with Crippen molar-refractivity contribution in [3.63, 3.8) is 0 Å². The highest BCUT2D eigenvalue weighted by Gasteiger charge is 2.11. The molecule has 1 unspecified atom stereocenters. The fourth-order valence-corrected chi connectivity index (χ4v) is 1.67. The van der Waals surface area contributed by atoms with E-state index in [0.717, 1.165) is 0 Å². The third-order valence-electron chi connectivity index (χ3n) is 2.88. The molecule has 1 amide bonds. The van der Waals surface area contributed by atoms with Crippen molar-refractivity contribution >= 4 is 5.91 Å². The van der Waals surface area contributed by atoms with Gasteiger partial charge in [0, 0.05) is 18.7 Å². The first-order chi connectivity index (χ1) is 9.12. The molecule has 0 aliphatic carbocycles. The number of ether oxygens (including phenoxy) is 2. The lowest BCUT2D eigenvalue weighted by atomic mass is 10.1. The number of methoxy groups -OCH3 is 2. The normalized spacial score (nSPS) is 11.8. The van der Waals surface area contributed by atoms with Crippen LogP contribution in [0.2, 0.25) is 0 Å². The fraction of sp³-hybridized carbons (Fsp3) is 0.500. The first-order valence-electron chi connectivity index (χ1n) is 6.23. The smallest absolute Gasteiger partial charge is 0.251 e. The summed E-state index contributed by atoms with van der Waals surface area (Å²) in [6.45, 7) is 2.65. The molecule has 0 radical (unpaired) electrons. The summed E-state index contributed by atoms with van der Waals surface area (Å²) in [6, 6.07) is 5.03. The highest BCUT2D eigenvalue weighted by molar-refractivity contribution is 5.94. The standard InChI is InChI=1S/C14H21NO4/c1-10(6-7-16)9-15-14(17)11-4-5-12(18-2)13(8-11)19-3/h4-5,8,10,16H,6-7,9H2,1-3H3,(H,15,17). The molecule has 0 bridgehead atoms. The topological polar surface area (TPSA) is 67.8 Å². The van der Waals surface area contributed by atoms with Gasteiger partial charge in [-0.3, -0.25) is 4.79 Å². The van der Waals surface area contributed by atoms with Gasteiger partial charge in [-0.1, -0.05) is 6.92 Å². The second-order valence-electron chi connectivity index (χ2n) is 4.40. The second-order valence-corrected chi connectivity index (χ2v) is 4.40. The molecule has 19 heavy (non-hydrogen) atoms. The minimum absolute atomic E-state index is 0.132. The molecule has 0 fully saturated rings. The molecule has 2 N–H and O–H groups in total. The molecule has 106 valence electrons. The largest absolute Gasteiger partial charge is 0.493 e. The summed E-state index contributed by atoms with van der Waals surface area (Å²) in [4.78, 5) is 12.0. The van der Waals surface area contributed by atoms with E-state index >= 15 is 0 Å². The van der Waals surface area contributed by atoms with Crippen LogP contribution in [0, 0.1) is 5.92 Å². The van der Waals surface area contributed by atoms with E-state index in [1.165, 1.54) is 7.11 Å². The first-order valence-corrected chi connectivity index (χ1v) is 6.23. The van der Waals surface area contributed by atoms with Crippen molar-refractivity contribution < 1.29 is 19.4 Å². The van der Waals surface area contributed by atoms with E-state index in [1.807, 2.05) is 6.92 Å². The molecule has 1 rings (SSSR count). The summed E-state index contributed by atoms with van der Waals surface area (Å²) in [7, 11) is 3.08. The van der Waals surface area contributed by atoms with Gasteiger partial charge in [-0.25, -0.2) is 0 Å². The van der Waals surface area contributed by atoms with Gasteiger partial charge in [-0.05, 0) is 30.5 Å². The Labute approximate surface area is 113 Å². The molecule has 0 saturated heterocycles. The minimum Gasteiger partial charge on any atom is -0.493 e. The average molecular weight is 267 g/mol. The highest BCUT2D eigenvalue weighted by atomic mass is 16.5. The van der Waals surface area contributed by atoms with Crippen LogP contribution in [0.4, 0.5) is 0 Å². The van der Waals surface area contributed by atoms with Gasteiger partial charge in [-0.2, -0.15) is 0 Å². The predicted octanol–water partition coefficient (Wildman–Crippen LogP) is 1.45. The van der Waals surface area contributed by atoms with E-state index in [2.05, 4.69) is 5.32 Å². The van der Waals surface area contributed by atoms with Crippen LogP contribution in [0.15, 0.2) is 18.2 Å². The lowest BCUT2D eigenvalue weighted by Gasteiger charge is -2.12. The van der Waals surface area contributed by atoms with Crippen molar-refractivity contribution in [2.45, 2.75) is 13.3 Å². The Morgan fingerprint density at radius 3 is 2.58 bits per heavy atom. The van der Waals surface area contributed by atoms with Crippen LogP contribution in [0.25, 0.3) is 0 Å². The average Bonchev–Trinajstić information content (AvgIpc) is 2.44. The number of aliphatic hydroxyl groups is 1. The van der Waals surface area contributed by atoms with Crippen LogP contribution in [-0.2, 0) is 0 Å². The molecule has 1 aromatic rings. The molecule has 1 atom stereocenters. The number of benzene rings is 1. The van der Waals surface area contributed by atoms with E-state index < -0.39 is 0 Å². The maximum Gasteiger partial charge on any atom is 0.251 e. The zero-order valence-electron chi connectivity index (χ0n) is 11.6. The summed E-state index contributed by atoms with van der Waals surface area (Å²) in [5, 5.41) is 11.6. The molecular weight excluding hydrogens is 246 g/mol. The van der Waals surface area contributed by atoms with Crippen LogP contribution < -0.4 is 14.8 Å². The molecule has 0 aliphatic heterocycles. The second kappa shape index (κ2) is 7.63. The van der Waals surface area contributed by atoms with Crippen molar-refractivity contribution in [1.82, 2.24) is 5.32 Å². The van der Waals surface area contributed by atoms with Crippen LogP contribution in [-0.4, -0.2) is 38.4 Å². The van der Waals surface area contributed by atoms with Gasteiger partial charge in [0.05, 0.1) is 14.2 Å². The highest BCUT2D eigenvalue weighted by Crippen LogP contribution is 2.27. The summed E-state index contributed by atoms with van der Waals surface area (Å²) in [5.41, 5.74) is 0.522. The molecule has 1 aromatic carbocycles. The number of carbonyl (C=O) groups excluding carboxylic acids is 1. The van der Waals surface area contributed by atoms with Crippen molar-refractivity contribution in [2.24, 2.45) is 5.92 Å². The number of aliphatic hydroxyl groups excluding tert-OH is 1. The third-order valence-corrected chi connectivity index (χ3v) is 2.88. The number of hydrogen-bond donors (Lipinski definition) is 2. The van der Waals surface area contributed by atoms with Gasteiger partial charge in [0.2, 0.25) is 0 Å². The maximum absolute atomic E-state index is 12.0. The number of amides is 1. The van der Waals surface area contributed by atoms with Gasteiger partial charge in [0.25, 0.3) is 5.91 Å². The van der Waals surface area contributed by atoms with E-state index in [4.69, 9.17) is 14.6 Å². The van der Waals surface area contributed by atoms with Crippen LogP contribution in [0.1, 0.15) is 23.7 Å². The van der Waals surface area contributed by atoms with Gasteiger partial charge in [-0.15, -0.1) is 0 Å². The van der Waals surface area contributed by atoms with E-state index in [0.29, 0.717) is 30.0 Å². The quantitative estimate of drug-likeness (QED) is 0.784. The SMILES string of the molecule is COc1ccc(C(=O)NCC(C)CCO)cc1OC. The number of carbonyl (C=O) groups is 1. The monoisotopic (exact) mass is 267 g/mol. The van der Waals surface area contributed by atoms with Crippen molar-refractivity contribution in [3.05, 3.63) is 23.8 Å². The van der Waals surface area contributed by atoms with Crippen LogP contribution >= 0.6 is 0 Å². The molecule has 0 saturated carbocycles. The maximum atomic E-state index is 12.0. The summed E-state index contributed by atoms with van der Waals surface area (Å²) < 4.78 is 10.3. The Bertz CT molecular complexity index is 420. The van der Waals surface area contributed by atoms with E-state index in [1.54, 1.807) is 25.3 Å². The third kappa shape index (κ3) is 4.44. The van der Waals surface area contributed by atoms with Gasteiger partial charge >= 0.3 is 0 Å². The Kier molecular flexibility index (Phi) is 6.15. The van der Waals surface area contributed by atoms with Crippen molar-refractivity contribution in [1.29, 1.82) is 0 Å². The lowest BCUT2D eigenvalue weighted by Crippen LogP contribution is -2.28. The zero-order valence-corrected chi connectivity index (χ0v) is 11.6. The van der Waals surface area contributed by atoms with E-state index in [9.17, 15) is 4.79 Å². The molecule has 5 nitrogen and oxygen atoms in total. The molecule has 5 heteroatoms. The summed E-state index contributed by atoms with van der Waals surface area (Å²) in [5.74, 6) is 1.20. The fourth-order valence-electron chi connectivity index (χ4n) is 1.67. The van der Waals surface area contributed by atoms with E-state index in [-0.39, 0.29) is 18.4 Å². The Morgan fingerprint density at radius 1 is 1.32 bits per heavy atom. The van der Waals surface area contributed by atoms with Crippen molar-refractivity contribution in [3.8, 4) is 11.5 Å². The molecule has 0 aromatic heterocycles. The predicted molar refractivity (Wildman–Crippen MR) is 72.7 cm³/mol. The lowest BCUT2D eigenvalue weighted by molar-refractivity contribution is 0.0945. The number of nitrogens with one attached hydrogen (secondary N) is 1. The Hall–Kier alpha value is -1.75. The molecule has 0 aliphatic rings. The molecule has 0 heterocycles. The Morgan fingerprint density at radius 2 is 2.00 bits per heavy atom. The van der Waals surface area contributed by atoms with Gasteiger partial charge in [0.15, 0.2) is 11.5 Å². The number of hydrogen-bond acceptors (Lipinski definition) is 4. The van der Waals surface area contributed by atoms with Gasteiger partial charge in [0.1, 0.15) is 0 Å². The summed E-state index contributed by atoms with van der Waals surface area (Å²) >= 11 is 0. The minimum atomic E-state index is -0.161. The molecular formula is C14H21NO4. The van der Waals surface area contributed by atoms with Crippen LogP contribution in [0.5, 0.6) is 11.5 Å². The van der Waals surface area contributed by atoms with Gasteiger partial charge < -0.3 is 19.9 Å². The zero-order chi connectivity index (χ0) is 14.3. The van der Waals surface area contributed by atoms with Crippen molar-refractivity contribution in [2.75, 3.05) is 27.4 Å².